The van der Waals surface area contributed by atoms with E-state index in [2.05, 4.69) is 5.32 Å². The Morgan fingerprint density at radius 3 is 2.39 bits per heavy atom. The van der Waals surface area contributed by atoms with E-state index in [1.807, 2.05) is 36.4 Å². The number of rotatable bonds is 9. The fraction of sp³-hybridized carbons (Fsp3) is 0.154. The van der Waals surface area contributed by atoms with Crippen molar-refractivity contribution >= 4 is 35.2 Å². The second-order valence-corrected chi connectivity index (χ2v) is 8.02. The van der Waals surface area contributed by atoms with Gasteiger partial charge in [-0.1, -0.05) is 71.7 Å². The summed E-state index contributed by atoms with van der Waals surface area (Å²) in [6.07, 6.45) is 2.98. The van der Waals surface area contributed by atoms with E-state index in [1.165, 1.54) is 29.8 Å². The van der Waals surface area contributed by atoms with E-state index >= 15 is 0 Å². The summed E-state index contributed by atoms with van der Waals surface area (Å²) in [4.78, 5) is 12.4. The van der Waals surface area contributed by atoms with Crippen molar-refractivity contribution in [1.29, 1.82) is 5.26 Å². The molecular formula is C26H21Cl2FN2O2. The Morgan fingerprint density at radius 2 is 1.73 bits per heavy atom. The van der Waals surface area contributed by atoms with Crippen LogP contribution in [0.1, 0.15) is 23.1 Å². The van der Waals surface area contributed by atoms with Crippen molar-refractivity contribution in [2.75, 3.05) is 6.54 Å². The number of carbonyl (C=O) groups excluding carboxylic acids is 1. The highest BCUT2D eigenvalue weighted by molar-refractivity contribution is 6.37. The van der Waals surface area contributed by atoms with E-state index in [9.17, 15) is 14.4 Å². The van der Waals surface area contributed by atoms with Gasteiger partial charge in [0.25, 0.3) is 5.91 Å². The highest BCUT2D eigenvalue weighted by Gasteiger charge is 2.13. The third-order valence-electron chi connectivity index (χ3n) is 4.80. The predicted octanol–water partition coefficient (Wildman–Crippen LogP) is 6.37. The number of halogens is 3. The van der Waals surface area contributed by atoms with Gasteiger partial charge in [0, 0.05) is 12.1 Å². The Labute approximate surface area is 202 Å². The number of benzene rings is 3. The van der Waals surface area contributed by atoms with Crippen LogP contribution in [0.2, 0.25) is 10.0 Å². The molecular weight excluding hydrogens is 462 g/mol. The molecule has 33 heavy (non-hydrogen) atoms. The third kappa shape index (κ3) is 7.08. The molecule has 0 saturated heterocycles. The van der Waals surface area contributed by atoms with Crippen LogP contribution in [0, 0.1) is 17.1 Å². The van der Waals surface area contributed by atoms with Gasteiger partial charge in [-0.2, -0.15) is 5.26 Å². The van der Waals surface area contributed by atoms with Crippen molar-refractivity contribution in [3.8, 4) is 11.8 Å². The van der Waals surface area contributed by atoms with Gasteiger partial charge in [-0.05, 0) is 48.2 Å². The van der Waals surface area contributed by atoms with Gasteiger partial charge in [-0.25, -0.2) is 4.39 Å². The van der Waals surface area contributed by atoms with Crippen LogP contribution in [0.15, 0.2) is 72.3 Å². The molecule has 3 rings (SSSR count). The fourth-order valence-electron chi connectivity index (χ4n) is 3.12. The minimum atomic E-state index is -0.474. The van der Waals surface area contributed by atoms with E-state index in [0.29, 0.717) is 17.7 Å². The summed E-state index contributed by atoms with van der Waals surface area (Å²) >= 11 is 12.6. The highest BCUT2D eigenvalue weighted by Crippen LogP contribution is 2.35. The van der Waals surface area contributed by atoms with Gasteiger partial charge in [-0.3, -0.25) is 4.79 Å². The second kappa shape index (κ2) is 12.1. The Balaban J connectivity index is 1.62. The number of amides is 1. The van der Waals surface area contributed by atoms with Crippen LogP contribution >= 0.6 is 23.2 Å². The number of nitrogens with one attached hydrogen (secondary N) is 1. The molecule has 168 valence electrons. The number of carbonyl (C=O) groups is 1. The van der Waals surface area contributed by atoms with Gasteiger partial charge >= 0.3 is 0 Å². The molecule has 0 aliphatic rings. The largest absolute Gasteiger partial charge is 0.486 e. The number of hydrogen-bond donors (Lipinski definition) is 1. The number of ether oxygens (including phenoxy) is 1. The smallest absolute Gasteiger partial charge is 0.261 e. The first-order valence-corrected chi connectivity index (χ1v) is 11.0. The van der Waals surface area contributed by atoms with E-state index in [4.69, 9.17) is 27.9 Å². The summed E-state index contributed by atoms with van der Waals surface area (Å²) in [6.45, 7) is 0.396. The summed E-state index contributed by atoms with van der Waals surface area (Å²) in [5, 5.41) is 12.5. The molecule has 4 nitrogen and oxygen atoms in total. The SMILES string of the molecule is N#C/C(=C/c1cc(Cl)c(OCc2ccccc2F)c(Cl)c1)C(=O)NCCCc1ccccc1. The zero-order valence-corrected chi connectivity index (χ0v) is 19.2. The maximum atomic E-state index is 13.8. The van der Waals surface area contributed by atoms with Crippen LogP contribution in [0.25, 0.3) is 6.08 Å². The van der Waals surface area contributed by atoms with Crippen molar-refractivity contribution in [3.05, 3.63) is 105 Å². The molecule has 1 N–H and O–H groups in total. The van der Waals surface area contributed by atoms with Crippen molar-refractivity contribution in [2.45, 2.75) is 19.4 Å². The van der Waals surface area contributed by atoms with E-state index in [-0.39, 0.29) is 28.0 Å². The number of nitrogens with zero attached hydrogens (tertiary/aromatic N) is 1. The molecule has 0 heterocycles. The average molecular weight is 483 g/mol. The van der Waals surface area contributed by atoms with Gasteiger partial charge in [0.1, 0.15) is 24.1 Å². The summed E-state index contributed by atoms with van der Waals surface area (Å²) in [5.41, 5.74) is 1.95. The minimum Gasteiger partial charge on any atom is -0.486 e. The van der Waals surface area contributed by atoms with Gasteiger partial charge in [0.05, 0.1) is 10.0 Å². The summed E-state index contributed by atoms with van der Waals surface area (Å²) in [6, 6.07) is 21.2. The Bertz CT molecular complexity index is 1170. The molecule has 0 aliphatic heterocycles. The van der Waals surface area contributed by atoms with Gasteiger partial charge in [0.2, 0.25) is 0 Å². The Kier molecular flexibility index (Phi) is 8.88. The molecule has 7 heteroatoms. The van der Waals surface area contributed by atoms with Crippen LogP contribution in [0.3, 0.4) is 0 Å². The monoisotopic (exact) mass is 482 g/mol. The summed E-state index contributed by atoms with van der Waals surface area (Å²) < 4.78 is 19.4. The lowest BCUT2D eigenvalue weighted by atomic mass is 10.1. The van der Waals surface area contributed by atoms with E-state index < -0.39 is 11.7 Å². The van der Waals surface area contributed by atoms with Crippen LogP contribution in [0.5, 0.6) is 5.75 Å². The average Bonchev–Trinajstić information content (AvgIpc) is 2.81. The van der Waals surface area contributed by atoms with E-state index in [1.54, 1.807) is 18.2 Å². The molecule has 0 spiro atoms. The molecule has 0 atom stereocenters. The molecule has 0 unspecified atom stereocenters. The van der Waals surface area contributed by atoms with Crippen molar-refractivity contribution < 1.29 is 13.9 Å². The maximum absolute atomic E-state index is 13.8. The lowest BCUT2D eigenvalue weighted by Gasteiger charge is -2.11. The molecule has 0 radical (unpaired) electrons. The first kappa shape index (κ1) is 24.3. The van der Waals surface area contributed by atoms with Crippen LogP contribution in [-0.4, -0.2) is 12.5 Å². The quantitative estimate of drug-likeness (QED) is 0.219. The van der Waals surface area contributed by atoms with E-state index in [0.717, 1.165) is 12.8 Å². The van der Waals surface area contributed by atoms with Crippen LogP contribution in [-0.2, 0) is 17.8 Å². The second-order valence-electron chi connectivity index (χ2n) is 7.21. The fourth-order valence-corrected chi connectivity index (χ4v) is 3.73. The molecule has 0 fully saturated rings. The lowest BCUT2D eigenvalue weighted by Crippen LogP contribution is -2.25. The topological polar surface area (TPSA) is 62.1 Å². The number of aryl methyl sites for hydroxylation is 1. The molecule has 0 aliphatic carbocycles. The molecule has 3 aromatic rings. The normalized spacial score (nSPS) is 11.0. The van der Waals surface area contributed by atoms with Crippen LogP contribution < -0.4 is 10.1 Å². The lowest BCUT2D eigenvalue weighted by molar-refractivity contribution is -0.117. The van der Waals surface area contributed by atoms with Gasteiger partial charge < -0.3 is 10.1 Å². The van der Waals surface area contributed by atoms with Gasteiger partial charge in [0.15, 0.2) is 5.75 Å². The van der Waals surface area contributed by atoms with Crippen molar-refractivity contribution in [3.63, 3.8) is 0 Å². The predicted molar refractivity (Wildman–Crippen MR) is 129 cm³/mol. The number of hydrogen-bond acceptors (Lipinski definition) is 3. The minimum absolute atomic E-state index is 0.0455. The molecule has 0 saturated carbocycles. The Hall–Kier alpha value is -3.33. The molecule has 3 aromatic carbocycles. The molecule has 0 bridgehead atoms. The Morgan fingerprint density at radius 1 is 1.06 bits per heavy atom. The first-order chi connectivity index (χ1) is 16.0. The highest BCUT2D eigenvalue weighted by atomic mass is 35.5. The van der Waals surface area contributed by atoms with Crippen molar-refractivity contribution in [1.82, 2.24) is 5.32 Å². The zero-order chi connectivity index (χ0) is 23.6. The van der Waals surface area contributed by atoms with Gasteiger partial charge in [-0.15, -0.1) is 0 Å². The van der Waals surface area contributed by atoms with Crippen LogP contribution in [0.4, 0.5) is 4.39 Å². The molecule has 0 aromatic heterocycles. The summed E-state index contributed by atoms with van der Waals surface area (Å²) in [5.74, 6) is -0.668. The van der Waals surface area contributed by atoms with Crippen molar-refractivity contribution in [2.24, 2.45) is 0 Å². The standard InChI is InChI=1S/C26H21Cl2FN2O2/c27-22-14-19(15-23(28)25(22)33-17-20-10-4-5-11-24(20)29)13-21(16-30)26(32)31-12-6-9-18-7-2-1-3-8-18/h1-5,7-8,10-11,13-15H,6,9,12,17H2,(H,31,32)/b21-13-. The third-order valence-corrected chi connectivity index (χ3v) is 5.36. The molecule has 1 amide bonds. The number of nitriles is 1. The first-order valence-electron chi connectivity index (χ1n) is 10.3. The zero-order valence-electron chi connectivity index (χ0n) is 17.7. The maximum Gasteiger partial charge on any atom is 0.261 e. The summed E-state index contributed by atoms with van der Waals surface area (Å²) in [7, 11) is 0.